The topological polar surface area (TPSA) is 90.7 Å². The van der Waals surface area contributed by atoms with Gasteiger partial charge in [-0.1, -0.05) is 30.3 Å². The van der Waals surface area contributed by atoms with Crippen molar-refractivity contribution in [2.24, 2.45) is 5.73 Å². The minimum Gasteiger partial charge on any atom is -0.434 e. The monoisotopic (exact) mass is 278 g/mol. The first-order valence-corrected chi connectivity index (χ1v) is 6.46. The second-order valence-corrected chi connectivity index (χ2v) is 4.76. The fraction of sp³-hybridized carbons (Fsp3) is 0.429. The van der Waals surface area contributed by atoms with Gasteiger partial charge < -0.3 is 15.2 Å². The third kappa shape index (κ3) is 3.79. The van der Waals surface area contributed by atoms with Crippen LogP contribution in [0.15, 0.2) is 30.3 Å². The lowest BCUT2D eigenvalue weighted by atomic mass is 10.2. The molecule has 20 heavy (non-hydrogen) atoms. The molecule has 1 saturated heterocycles. The molecule has 6 heteroatoms. The molecule has 1 aromatic carbocycles. The fourth-order valence-corrected chi connectivity index (χ4v) is 1.98. The van der Waals surface area contributed by atoms with E-state index in [4.69, 9.17) is 15.2 Å². The Hall–Kier alpha value is -1.92. The number of cyclic esters (lactones) is 1. The standard InChI is InChI=1S/C14H18N2O4/c1-9(13(15)18)16-11-7-12(17)20-14(11)19-8-10-5-3-2-4-6-10/h2-6,9,11,14,16H,7-8H2,1H3,(H2,15,18)/t9-,11?,14?/m0/s1. The summed E-state index contributed by atoms with van der Waals surface area (Å²) in [5.74, 6) is -0.830. The zero-order valence-electron chi connectivity index (χ0n) is 11.2. The number of carbonyl (C=O) groups excluding carboxylic acids is 2. The van der Waals surface area contributed by atoms with Crippen molar-refractivity contribution in [3.05, 3.63) is 35.9 Å². The highest BCUT2D eigenvalue weighted by Crippen LogP contribution is 2.18. The summed E-state index contributed by atoms with van der Waals surface area (Å²) in [7, 11) is 0. The number of benzene rings is 1. The van der Waals surface area contributed by atoms with Crippen LogP contribution in [0.25, 0.3) is 0 Å². The quantitative estimate of drug-likeness (QED) is 0.731. The predicted molar refractivity (Wildman–Crippen MR) is 71.3 cm³/mol. The molecule has 1 heterocycles. The second kappa shape index (κ2) is 6.49. The lowest BCUT2D eigenvalue weighted by molar-refractivity contribution is -0.167. The molecule has 2 rings (SSSR count). The molecule has 0 radical (unpaired) electrons. The van der Waals surface area contributed by atoms with Gasteiger partial charge in [0.15, 0.2) is 0 Å². The molecule has 1 amide bonds. The zero-order valence-corrected chi connectivity index (χ0v) is 11.2. The number of nitrogens with two attached hydrogens (primary N) is 1. The Labute approximate surface area is 117 Å². The van der Waals surface area contributed by atoms with Gasteiger partial charge >= 0.3 is 5.97 Å². The molecule has 3 N–H and O–H groups in total. The molecule has 1 aromatic rings. The van der Waals surface area contributed by atoms with Crippen molar-refractivity contribution in [2.45, 2.75) is 38.3 Å². The van der Waals surface area contributed by atoms with Crippen LogP contribution >= 0.6 is 0 Å². The van der Waals surface area contributed by atoms with Crippen molar-refractivity contribution in [1.82, 2.24) is 5.32 Å². The lowest BCUT2D eigenvalue weighted by Crippen LogP contribution is -2.48. The minimum absolute atomic E-state index is 0.164. The maximum atomic E-state index is 11.4. The van der Waals surface area contributed by atoms with Crippen molar-refractivity contribution in [1.29, 1.82) is 0 Å². The van der Waals surface area contributed by atoms with Gasteiger partial charge in [-0.2, -0.15) is 0 Å². The maximum absolute atomic E-state index is 11.4. The van der Waals surface area contributed by atoms with Gasteiger partial charge in [-0.15, -0.1) is 0 Å². The summed E-state index contributed by atoms with van der Waals surface area (Å²) < 4.78 is 10.7. The van der Waals surface area contributed by atoms with Crippen molar-refractivity contribution in [3.8, 4) is 0 Å². The van der Waals surface area contributed by atoms with Crippen molar-refractivity contribution in [2.75, 3.05) is 0 Å². The fourth-order valence-electron chi connectivity index (χ4n) is 1.98. The first-order chi connectivity index (χ1) is 9.56. The smallest absolute Gasteiger partial charge is 0.309 e. The third-order valence-corrected chi connectivity index (χ3v) is 3.11. The average molecular weight is 278 g/mol. The molecule has 6 nitrogen and oxygen atoms in total. The van der Waals surface area contributed by atoms with Gasteiger partial charge in [0.25, 0.3) is 0 Å². The Kier molecular flexibility index (Phi) is 4.70. The zero-order chi connectivity index (χ0) is 14.5. The van der Waals surface area contributed by atoms with Crippen molar-refractivity contribution in [3.63, 3.8) is 0 Å². The van der Waals surface area contributed by atoms with E-state index in [0.717, 1.165) is 5.56 Å². The summed E-state index contributed by atoms with van der Waals surface area (Å²) in [6.45, 7) is 1.97. The first-order valence-electron chi connectivity index (χ1n) is 6.46. The summed E-state index contributed by atoms with van der Waals surface area (Å²) in [6.07, 6.45) is -0.540. The molecular formula is C14H18N2O4. The summed E-state index contributed by atoms with van der Waals surface area (Å²) in [5.41, 5.74) is 6.17. The van der Waals surface area contributed by atoms with Crippen LogP contribution in [0.2, 0.25) is 0 Å². The number of hydrogen-bond donors (Lipinski definition) is 2. The van der Waals surface area contributed by atoms with E-state index >= 15 is 0 Å². The van der Waals surface area contributed by atoms with Gasteiger partial charge in [0.2, 0.25) is 12.2 Å². The number of nitrogens with one attached hydrogen (secondary N) is 1. The van der Waals surface area contributed by atoms with Crippen LogP contribution in [0.1, 0.15) is 18.9 Å². The molecule has 1 aliphatic rings. The molecule has 0 spiro atoms. The van der Waals surface area contributed by atoms with Crippen LogP contribution in [0.5, 0.6) is 0 Å². The van der Waals surface area contributed by atoms with Crippen LogP contribution < -0.4 is 11.1 Å². The Morgan fingerprint density at radius 3 is 2.85 bits per heavy atom. The minimum atomic E-state index is -0.704. The summed E-state index contributed by atoms with van der Waals surface area (Å²) in [4.78, 5) is 22.4. The second-order valence-electron chi connectivity index (χ2n) is 4.76. The van der Waals surface area contributed by atoms with Gasteiger partial charge in [-0.05, 0) is 12.5 Å². The highest BCUT2D eigenvalue weighted by molar-refractivity contribution is 5.79. The van der Waals surface area contributed by atoms with Gasteiger partial charge in [-0.25, -0.2) is 0 Å². The average Bonchev–Trinajstić information content (AvgIpc) is 2.77. The highest BCUT2D eigenvalue weighted by atomic mass is 16.7. The van der Waals surface area contributed by atoms with Gasteiger partial charge in [0.1, 0.15) is 0 Å². The van der Waals surface area contributed by atoms with E-state index in [1.54, 1.807) is 6.92 Å². The molecule has 0 aliphatic carbocycles. The summed E-state index contributed by atoms with van der Waals surface area (Å²) in [5, 5.41) is 2.95. The SMILES string of the molecule is C[C@H](NC1CC(=O)OC1OCc1ccccc1)C(N)=O. The maximum Gasteiger partial charge on any atom is 0.309 e. The number of rotatable bonds is 6. The number of carbonyl (C=O) groups is 2. The summed E-state index contributed by atoms with van der Waals surface area (Å²) in [6, 6.07) is 8.66. The molecule has 2 unspecified atom stereocenters. The van der Waals surface area contributed by atoms with Crippen LogP contribution in [0.4, 0.5) is 0 Å². The van der Waals surface area contributed by atoms with E-state index in [1.165, 1.54) is 0 Å². The van der Waals surface area contributed by atoms with Crippen LogP contribution in [-0.2, 0) is 25.7 Å². The van der Waals surface area contributed by atoms with E-state index in [2.05, 4.69) is 5.32 Å². The molecule has 3 atom stereocenters. The number of amides is 1. The van der Waals surface area contributed by atoms with E-state index < -0.39 is 18.2 Å². The molecule has 0 aromatic heterocycles. The molecule has 0 bridgehead atoms. The van der Waals surface area contributed by atoms with E-state index in [0.29, 0.717) is 6.61 Å². The van der Waals surface area contributed by atoms with Crippen LogP contribution in [0, 0.1) is 0 Å². The number of ether oxygens (including phenoxy) is 2. The Morgan fingerprint density at radius 2 is 2.20 bits per heavy atom. The Bertz CT molecular complexity index is 477. The van der Waals surface area contributed by atoms with Crippen LogP contribution in [0.3, 0.4) is 0 Å². The Balaban J connectivity index is 1.91. The number of esters is 1. The molecular weight excluding hydrogens is 260 g/mol. The Morgan fingerprint density at radius 1 is 1.50 bits per heavy atom. The van der Waals surface area contributed by atoms with Crippen molar-refractivity contribution < 1.29 is 19.1 Å². The molecule has 1 aliphatic heterocycles. The van der Waals surface area contributed by atoms with Crippen LogP contribution in [-0.4, -0.2) is 30.3 Å². The first kappa shape index (κ1) is 14.5. The molecule has 0 saturated carbocycles. The molecule has 1 fully saturated rings. The lowest BCUT2D eigenvalue weighted by Gasteiger charge is -2.21. The van der Waals surface area contributed by atoms with E-state index in [9.17, 15) is 9.59 Å². The van der Waals surface area contributed by atoms with Gasteiger partial charge in [0, 0.05) is 0 Å². The number of primary amides is 1. The number of hydrogen-bond acceptors (Lipinski definition) is 5. The van der Waals surface area contributed by atoms with E-state index in [-0.39, 0.29) is 18.4 Å². The highest BCUT2D eigenvalue weighted by Gasteiger charge is 2.36. The molecule has 108 valence electrons. The van der Waals surface area contributed by atoms with E-state index in [1.807, 2.05) is 30.3 Å². The van der Waals surface area contributed by atoms with Crippen molar-refractivity contribution >= 4 is 11.9 Å². The van der Waals surface area contributed by atoms with Gasteiger partial charge in [-0.3, -0.25) is 14.9 Å². The summed E-state index contributed by atoms with van der Waals surface area (Å²) >= 11 is 0. The third-order valence-electron chi connectivity index (χ3n) is 3.11. The largest absolute Gasteiger partial charge is 0.434 e. The predicted octanol–water partition coefficient (Wildman–Crippen LogP) is 0.308. The normalized spacial score (nSPS) is 23.4. The van der Waals surface area contributed by atoms with Gasteiger partial charge in [0.05, 0.1) is 25.1 Å².